The van der Waals surface area contributed by atoms with E-state index in [-0.39, 0.29) is 22.7 Å². The Bertz CT molecular complexity index is 1200. The van der Waals surface area contributed by atoms with Crippen molar-refractivity contribution < 1.29 is 9.59 Å². The number of anilines is 2. The van der Waals surface area contributed by atoms with Crippen LogP contribution in [0.5, 0.6) is 0 Å². The number of H-pyrrole nitrogens is 1. The van der Waals surface area contributed by atoms with Gasteiger partial charge in [0.05, 0.1) is 21.6 Å². The van der Waals surface area contributed by atoms with Crippen LogP contribution >= 0.6 is 23.4 Å². The number of aromatic amines is 1. The van der Waals surface area contributed by atoms with E-state index in [9.17, 15) is 14.4 Å². The fraction of sp³-hybridized carbons (Fsp3) is 0.190. The van der Waals surface area contributed by atoms with Crippen molar-refractivity contribution in [1.29, 1.82) is 0 Å². The van der Waals surface area contributed by atoms with Gasteiger partial charge in [0.2, 0.25) is 11.8 Å². The van der Waals surface area contributed by atoms with Crippen LogP contribution in [0.2, 0.25) is 5.02 Å². The van der Waals surface area contributed by atoms with Gasteiger partial charge >= 0.3 is 0 Å². The number of thioether (sulfide) groups is 1. The Kier molecular flexibility index (Phi) is 7.09. The molecule has 1 aromatic heterocycles. The molecule has 0 saturated heterocycles. The van der Waals surface area contributed by atoms with Crippen LogP contribution in [0.4, 0.5) is 11.4 Å². The van der Waals surface area contributed by atoms with E-state index in [0.29, 0.717) is 22.0 Å². The van der Waals surface area contributed by atoms with Crippen molar-refractivity contribution in [3.63, 3.8) is 0 Å². The lowest BCUT2D eigenvalue weighted by Crippen LogP contribution is -2.24. The number of halogens is 1. The lowest BCUT2D eigenvalue weighted by Gasteiger charge is -2.13. The maximum absolute atomic E-state index is 12.7. The molecule has 0 radical (unpaired) electrons. The van der Waals surface area contributed by atoms with Crippen LogP contribution in [-0.4, -0.2) is 32.2 Å². The Labute approximate surface area is 187 Å². The second-order valence-corrected chi connectivity index (χ2v) is 8.50. The molecule has 0 aliphatic heterocycles. The molecule has 3 N–H and O–H groups in total. The van der Waals surface area contributed by atoms with Gasteiger partial charge in [0, 0.05) is 12.5 Å². The second-order valence-electron chi connectivity index (χ2n) is 6.77. The number of amides is 2. The van der Waals surface area contributed by atoms with E-state index < -0.39 is 10.8 Å². The molecule has 3 rings (SSSR count). The Hall–Kier alpha value is -3.17. The molecule has 1 heterocycles. The fourth-order valence-electron chi connectivity index (χ4n) is 2.72. The van der Waals surface area contributed by atoms with Gasteiger partial charge in [-0.15, -0.1) is 10.2 Å². The number of carbonyl (C=O) groups is 2. The molecular weight excluding hydrogens is 438 g/mol. The van der Waals surface area contributed by atoms with Crippen molar-refractivity contribution in [2.45, 2.75) is 31.2 Å². The Morgan fingerprint density at radius 1 is 1.10 bits per heavy atom. The van der Waals surface area contributed by atoms with E-state index in [1.54, 1.807) is 43.3 Å². The average molecular weight is 458 g/mol. The third kappa shape index (κ3) is 5.71. The van der Waals surface area contributed by atoms with Crippen LogP contribution in [-0.2, 0) is 9.59 Å². The topological polar surface area (TPSA) is 117 Å². The highest BCUT2D eigenvalue weighted by molar-refractivity contribution is 8.00. The Balaban J connectivity index is 1.79. The SMILES string of the molecule is CC(=O)Nc1ccc(C)cc1-c1nnc(SC(C)C(=O)Nc2ccccc2Cl)[nH]c1=O. The number of hydrogen-bond donors (Lipinski definition) is 3. The van der Waals surface area contributed by atoms with E-state index >= 15 is 0 Å². The van der Waals surface area contributed by atoms with E-state index in [1.807, 2.05) is 13.0 Å². The summed E-state index contributed by atoms with van der Waals surface area (Å²) in [5.41, 5.74) is 1.92. The molecule has 2 aromatic carbocycles. The minimum Gasteiger partial charge on any atom is -0.326 e. The molecule has 0 saturated carbocycles. The standard InChI is InChI=1S/C21H20ClN5O3S/c1-11-8-9-16(23-13(3)28)14(10-11)18-20(30)25-21(27-26-18)31-12(2)19(29)24-17-7-5-4-6-15(17)22/h4-10,12H,1-3H3,(H,23,28)(H,24,29)(H,25,27,30). The molecule has 8 nitrogen and oxygen atoms in total. The smallest absolute Gasteiger partial charge is 0.278 e. The number of benzene rings is 2. The Morgan fingerprint density at radius 2 is 1.84 bits per heavy atom. The molecule has 10 heteroatoms. The summed E-state index contributed by atoms with van der Waals surface area (Å²) in [4.78, 5) is 39.3. The molecule has 0 aliphatic rings. The van der Waals surface area contributed by atoms with Gasteiger partial charge in [-0.05, 0) is 38.1 Å². The first-order chi connectivity index (χ1) is 14.7. The number of hydrogen-bond acceptors (Lipinski definition) is 6. The third-order valence-corrected chi connectivity index (χ3v) is 5.51. The summed E-state index contributed by atoms with van der Waals surface area (Å²) in [6.07, 6.45) is 0. The van der Waals surface area contributed by atoms with E-state index in [0.717, 1.165) is 17.3 Å². The van der Waals surface area contributed by atoms with Gasteiger partial charge in [-0.1, -0.05) is 47.1 Å². The highest BCUT2D eigenvalue weighted by Gasteiger charge is 2.19. The van der Waals surface area contributed by atoms with Gasteiger partial charge in [0.15, 0.2) is 10.9 Å². The van der Waals surface area contributed by atoms with Crippen LogP contribution in [0.3, 0.4) is 0 Å². The van der Waals surface area contributed by atoms with Gasteiger partial charge in [-0.25, -0.2) is 0 Å². The van der Waals surface area contributed by atoms with Crippen molar-refractivity contribution >= 4 is 46.6 Å². The molecule has 0 bridgehead atoms. The normalized spacial score (nSPS) is 11.6. The van der Waals surface area contributed by atoms with Crippen molar-refractivity contribution in [3.05, 3.63) is 63.4 Å². The minimum atomic E-state index is -0.569. The van der Waals surface area contributed by atoms with Crippen LogP contribution in [0, 0.1) is 6.92 Å². The zero-order valence-electron chi connectivity index (χ0n) is 17.0. The number of nitrogens with zero attached hydrogens (tertiary/aromatic N) is 2. The zero-order chi connectivity index (χ0) is 22.5. The van der Waals surface area contributed by atoms with Gasteiger partial charge in [0.1, 0.15) is 0 Å². The molecule has 1 unspecified atom stereocenters. The predicted molar refractivity (Wildman–Crippen MR) is 123 cm³/mol. The lowest BCUT2D eigenvalue weighted by atomic mass is 10.1. The zero-order valence-corrected chi connectivity index (χ0v) is 18.6. The molecule has 2 amide bonds. The van der Waals surface area contributed by atoms with Crippen LogP contribution in [0.25, 0.3) is 11.3 Å². The summed E-state index contributed by atoms with van der Waals surface area (Å²) in [5.74, 6) is -0.559. The summed E-state index contributed by atoms with van der Waals surface area (Å²) >= 11 is 7.13. The summed E-state index contributed by atoms with van der Waals surface area (Å²) in [6, 6.07) is 12.2. The van der Waals surface area contributed by atoms with E-state index in [2.05, 4.69) is 25.8 Å². The predicted octanol–water partition coefficient (Wildman–Crippen LogP) is 3.87. The summed E-state index contributed by atoms with van der Waals surface area (Å²) in [5, 5.41) is 13.6. The van der Waals surface area contributed by atoms with E-state index in [1.165, 1.54) is 6.92 Å². The molecule has 0 aliphatic carbocycles. The number of nitrogens with one attached hydrogen (secondary N) is 3. The number of aromatic nitrogens is 3. The number of rotatable bonds is 6. The molecule has 0 fully saturated rings. The largest absolute Gasteiger partial charge is 0.326 e. The second kappa shape index (κ2) is 9.76. The van der Waals surface area contributed by atoms with E-state index in [4.69, 9.17) is 11.6 Å². The maximum Gasteiger partial charge on any atom is 0.278 e. The van der Waals surface area contributed by atoms with Gasteiger partial charge in [-0.2, -0.15) is 0 Å². The van der Waals surface area contributed by atoms with Crippen molar-refractivity contribution in [3.8, 4) is 11.3 Å². The first-order valence-electron chi connectivity index (χ1n) is 9.32. The number of para-hydroxylation sites is 1. The lowest BCUT2D eigenvalue weighted by molar-refractivity contribution is -0.115. The monoisotopic (exact) mass is 457 g/mol. The fourth-order valence-corrected chi connectivity index (χ4v) is 3.65. The molecule has 1 atom stereocenters. The first kappa shape index (κ1) is 22.5. The van der Waals surface area contributed by atoms with Crippen LogP contribution < -0.4 is 16.2 Å². The minimum absolute atomic E-state index is 0.0740. The maximum atomic E-state index is 12.7. The quantitative estimate of drug-likeness (QED) is 0.484. The van der Waals surface area contributed by atoms with Crippen molar-refractivity contribution in [1.82, 2.24) is 15.2 Å². The van der Waals surface area contributed by atoms with Gasteiger partial charge in [-0.3, -0.25) is 19.4 Å². The average Bonchev–Trinajstić information content (AvgIpc) is 2.71. The van der Waals surface area contributed by atoms with Crippen LogP contribution in [0.1, 0.15) is 19.4 Å². The molecule has 3 aromatic rings. The summed E-state index contributed by atoms with van der Waals surface area (Å²) in [6.45, 7) is 4.93. The highest BCUT2D eigenvalue weighted by atomic mass is 35.5. The molecular formula is C21H20ClN5O3S. The molecule has 0 spiro atoms. The summed E-state index contributed by atoms with van der Waals surface area (Å²) in [7, 11) is 0. The van der Waals surface area contributed by atoms with Gasteiger partial charge < -0.3 is 10.6 Å². The number of carbonyl (C=O) groups excluding carboxylic acids is 2. The molecule has 160 valence electrons. The number of aryl methyl sites for hydroxylation is 1. The van der Waals surface area contributed by atoms with Gasteiger partial charge in [0.25, 0.3) is 5.56 Å². The Morgan fingerprint density at radius 3 is 2.52 bits per heavy atom. The van der Waals surface area contributed by atoms with Crippen LogP contribution in [0.15, 0.2) is 52.4 Å². The third-order valence-electron chi connectivity index (χ3n) is 4.21. The first-order valence-corrected chi connectivity index (χ1v) is 10.6. The highest BCUT2D eigenvalue weighted by Crippen LogP contribution is 2.27. The van der Waals surface area contributed by atoms with Crippen molar-refractivity contribution in [2.75, 3.05) is 10.6 Å². The van der Waals surface area contributed by atoms with Crippen molar-refractivity contribution in [2.24, 2.45) is 0 Å². The molecule has 31 heavy (non-hydrogen) atoms. The summed E-state index contributed by atoms with van der Waals surface area (Å²) < 4.78 is 0.